The van der Waals surface area contributed by atoms with Crippen molar-refractivity contribution in [3.63, 3.8) is 0 Å². The van der Waals surface area contributed by atoms with Crippen LogP contribution in [0.4, 0.5) is 5.69 Å². The lowest BCUT2D eigenvalue weighted by Crippen LogP contribution is -2.22. The molecule has 4 nitrogen and oxygen atoms in total. The fraction of sp³-hybridized carbons (Fsp3) is 0.125. The summed E-state index contributed by atoms with van der Waals surface area (Å²) in [6.07, 6.45) is 1.58. The van der Waals surface area contributed by atoms with Gasteiger partial charge in [-0.15, -0.1) is 0 Å². The van der Waals surface area contributed by atoms with Crippen molar-refractivity contribution in [2.24, 2.45) is 5.10 Å². The predicted molar refractivity (Wildman–Crippen MR) is 127 cm³/mol. The molecule has 1 unspecified atom stereocenters. The van der Waals surface area contributed by atoms with Crippen molar-refractivity contribution in [1.29, 1.82) is 5.26 Å². The van der Waals surface area contributed by atoms with Crippen molar-refractivity contribution >= 4 is 52.6 Å². The Morgan fingerprint density at radius 1 is 1.06 bits per heavy atom. The van der Waals surface area contributed by atoms with E-state index in [-0.39, 0.29) is 16.0 Å². The Balaban J connectivity index is 2.02. The number of carbonyl (C=O) groups excluding carboxylic acids is 1. The number of amides is 1. The summed E-state index contributed by atoms with van der Waals surface area (Å²) in [5, 5.41) is 16.5. The normalized spacial score (nSPS) is 11.9. The van der Waals surface area contributed by atoms with E-state index in [4.69, 9.17) is 34.8 Å². The molecule has 0 aliphatic heterocycles. The molecule has 3 aromatic rings. The highest BCUT2D eigenvalue weighted by Gasteiger charge is 2.24. The highest BCUT2D eigenvalue weighted by molar-refractivity contribution is 6.37. The molecule has 1 amide bonds. The third-order valence-electron chi connectivity index (χ3n) is 4.69. The van der Waals surface area contributed by atoms with E-state index in [1.54, 1.807) is 36.5 Å². The zero-order valence-electron chi connectivity index (χ0n) is 16.8. The smallest absolute Gasteiger partial charge is 0.244 e. The summed E-state index contributed by atoms with van der Waals surface area (Å²) in [6, 6.07) is 20.1. The maximum atomic E-state index is 12.2. The summed E-state index contributed by atoms with van der Waals surface area (Å²) in [6.45, 7) is 3.27. The van der Waals surface area contributed by atoms with Crippen LogP contribution in [0.2, 0.25) is 15.1 Å². The quantitative estimate of drug-likeness (QED) is 0.298. The van der Waals surface area contributed by atoms with E-state index >= 15 is 0 Å². The lowest BCUT2D eigenvalue weighted by molar-refractivity contribution is -0.116. The Labute approximate surface area is 196 Å². The van der Waals surface area contributed by atoms with E-state index in [0.29, 0.717) is 16.3 Å². The van der Waals surface area contributed by atoms with E-state index in [9.17, 15) is 10.1 Å². The lowest BCUT2D eigenvalue weighted by atomic mass is 9.89. The van der Waals surface area contributed by atoms with Gasteiger partial charge >= 0.3 is 0 Å². The maximum absolute atomic E-state index is 12.2. The molecular weight excluding hydrogens is 453 g/mol. The van der Waals surface area contributed by atoms with E-state index < -0.39 is 5.92 Å². The molecule has 0 aromatic heterocycles. The van der Waals surface area contributed by atoms with Gasteiger partial charge < -0.3 is 0 Å². The van der Waals surface area contributed by atoms with Crippen LogP contribution < -0.4 is 5.01 Å². The van der Waals surface area contributed by atoms with E-state index in [1.807, 2.05) is 37.3 Å². The van der Waals surface area contributed by atoms with Crippen LogP contribution in [0.5, 0.6) is 0 Å². The minimum Gasteiger partial charge on any atom is -0.273 e. The summed E-state index contributed by atoms with van der Waals surface area (Å²) >= 11 is 19.2. The number of hydrogen-bond acceptors (Lipinski definition) is 3. The standard InChI is InChI=1S/C24H18Cl3N3O/c1-15-10-18(25)8-9-20(15)21(13-28)24-22(26)11-19(12-23(24)27)30(16(2)31)29-14-17-6-4-3-5-7-17/h3-12,14,21H,1-2H3/b29-14+. The zero-order valence-corrected chi connectivity index (χ0v) is 19.1. The molecule has 0 fully saturated rings. The third-order valence-corrected chi connectivity index (χ3v) is 5.55. The van der Waals surface area contributed by atoms with Crippen molar-refractivity contribution in [1.82, 2.24) is 0 Å². The first-order chi connectivity index (χ1) is 14.8. The van der Waals surface area contributed by atoms with Crippen LogP contribution in [-0.4, -0.2) is 12.1 Å². The molecule has 0 radical (unpaired) electrons. The molecular formula is C24H18Cl3N3O. The molecule has 3 aromatic carbocycles. The minimum atomic E-state index is -0.690. The zero-order chi connectivity index (χ0) is 22.5. The molecule has 0 bridgehead atoms. The van der Waals surface area contributed by atoms with Crippen molar-refractivity contribution in [3.8, 4) is 6.07 Å². The Hall–Kier alpha value is -2.84. The van der Waals surface area contributed by atoms with Gasteiger partial charge in [0.05, 0.1) is 23.9 Å². The number of nitriles is 1. The minimum absolute atomic E-state index is 0.268. The first-order valence-corrected chi connectivity index (χ1v) is 10.5. The first-order valence-electron chi connectivity index (χ1n) is 9.36. The topological polar surface area (TPSA) is 56.5 Å². The maximum Gasteiger partial charge on any atom is 0.244 e. The van der Waals surface area contributed by atoms with Gasteiger partial charge in [0.25, 0.3) is 0 Å². The SMILES string of the molecule is CC(=O)N(/N=C/c1ccccc1)c1cc(Cl)c(C(C#N)c2ccc(Cl)cc2C)c(Cl)c1. The van der Waals surface area contributed by atoms with Gasteiger partial charge in [0, 0.05) is 27.6 Å². The molecule has 0 heterocycles. The van der Waals surface area contributed by atoms with Gasteiger partial charge in [-0.2, -0.15) is 10.4 Å². The summed E-state index contributed by atoms with van der Waals surface area (Å²) in [5.41, 5.74) is 3.32. The van der Waals surface area contributed by atoms with Crippen molar-refractivity contribution in [2.75, 3.05) is 5.01 Å². The van der Waals surface area contributed by atoms with Crippen LogP contribution in [0.1, 0.15) is 35.1 Å². The van der Waals surface area contributed by atoms with Crippen molar-refractivity contribution in [3.05, 3.63) is 98.0 Å². The van der Waals surface area contributed by atoms with Crippen molar-refractivity contribution < 1.29 is 4.79 Å². The lowest BCUT2D eigenvalue weighted by Gasteiger charge is -2.20. The Kier molecular flexibility index (Phi) is 7.35. The molecule has 0 N–H and O–H groups in total. The van der Waals surface area contributed by atoms with Gasteiger partial charge in [0.1, 0.15) is 0 Å². The molecule has 7 heteroatoms. The molecule has 156 valence electrons. The molecule has 31 heavy (non-hydrogen) atoms. The molecule has 0 spiro atoms. The predicted octanol–water partition coefficient (Wildman–Crippen LogP) is 7.00. The second-order valence-corrected chi connectivity index (χ2v) is 8.12. The summed E-state index contributed by atoms with van der Waals surface area (Å²) in [5.74, 6) is -0.998. The van der Waals surface area contributed by atoms with Gasteiger partial charge in [0.2, 0.25) is 5.91 Å². The monoisotopic (exact) mass is 469 g/mol. The highest BCUT2D eigenvalue weighted by Crippen LogP contribution is 2.40. The molecule has 3 rings (SSSR count). The average Bonchev–Trinajstić information content (AvgIpc) is 2.72. The van der Waals surface area contributed by atoms with E-state index in [0.717, 1.165) is 16.7 Å². The van der Waals surface area contributed by atoms with Gasteiger partial charge in [0.15, 0.2) is 0 Å². The molecule has 1 atom stereocenters. The van der Waals surface area contributed by atoms with Gasteiger partial charge in [-0.3, -0.25) is 4.79 Å². The molecule has 0 saturated heterocycles. The summed E-state index contributed by atoms with van der Waals surface area (Å²) in [4.78, 5) is 12.2. The second kappa shape index (κ2) is 9.98. The van der Waals surface area contributed by atoms with Crippen LogP contribution in [-0.2, 0) is 4.79 Å². The first kappa shape index (κ1) is 22.8. The molecule has 0 aliphatic rings. The summed E-state index contributed by atoms with van der Waals surface area (Å²) in [7, 11) is 0. The highest BCUT2D eigenvalue weighted by atomic mass is 35.5. The number of halogens is 3. The fourth-order valence-electron chi connectivity index (χ4n) is 3.21. The number of hydrogen-bond donors (Lipinski definition) is 0. The number of anilines is 1. The molecule has 0 aliphatic carbocycles. The second-order valence-electron chi connectivity index (χ2n) is 6.87. The number of benzene rings is 3. The number of carbonyl (C=O) groups is 1. The number of aryl methyl sites for hydroxylation is 1. The largest absolute Gasteiger partial charge is 0.273 e. The van der Waals surface area contributed by atoms with Crippen LogP contribution in [0.3, 0.4) is 0 Å². The van der Waals surface area contributed by atoms with Gasteiger partial charge in [-0.25, -0.2) is 5.01 Å². The van der Waals surface area contributed by atoms with Gasteiger partial charge in [-0.05, 0) is 47.9 Å². The fourth-order valence-corrected chi connectivity index (χ4v) is 4.14. The van der Waals surface area contributed by atoms with Crippen LogP contribution in [0, 0.1) is 18.3 Å². The van der Waals surface area contributed by atoms with E-state index in [1.165, 1.54) is 11.9 Å². The average molecular weight is 471 g/mol. The van der Waals surface area contributed by atoms with E-state index in [2.05, 4.69) is 11.2 Å². The van der Waals surface area contributed by atoms with Gasteiger partial charge in [-0.1, -0.05) is 71.2 Å². The van der Waals surface area contributed by atoms with Crippen LogP contribution in [0.25, 0.3) is 0 Å². The van der Waals surface area contributed by atoms with Crippen LogP contribution in [0.15, 0.2) is 65.8 Å². The number of nitrogens with zero attached hydrogens (tertiary/aromatic N) is 3. The summed E-state index contributed by atoms with van der Waals surface area (Å²) < 4.78 is 0. The van der Waals surface area contributed by atoms with Crippen LogP contribution >= 0.6 is 34.8 Å². The van der Waals surface area contributed by atoms with Crippen molar-refractivity contribution in [2.45, 2.75) is 19.8 Å². The third kappa shape index (κ3) is 5.26. The number of hydrazone groups is 1. The Morgan fingerprint density at radius 2 is 1.71 bits per heavy atom. The number of rotatable bonds is 5. The Bertz CT molecular complexity index is 1160. The Morgan fingerprint density at radius 3 is 2.26 bits per heavy atom. The molecule has 0 saturated carbocycles.